The molecule has 2 nitrogen and oxygen atoms in total. The molecule has 1 saturated carbocycles. The van der Waals surface area contributed by atoms with E-state index in [2.05, 4.69) is 42.3 Å². The molecule has 1 aliphatic heterocycles. The molecule has 0 bridgehead atoms. The van der Waals surface area contributed by atoms with Gasteiger partial charge in [0.2, 0.25) is 0 Å². The molecule has 1 spiro atoms. The zero-order valence-corrected chi connectivity index (χ0v) is 14.0. The summed E-state index contributed by atoms with van der Waals surface area (Å²) in [7, 11) is 0. The van der Waals surface area contributed by atoms with E-state index in [1.807, 2.05) is 6.07 Å². The van der Waals surface area contributed by atoms with Crippen molar-refractivity contribution in [2.45, 2.75) is 63.6 Å². The predicted molar refractivity (Wildman–Crippen MR) is 89.8 cm³/mol. The average Bonchev–Trinajstić information content (AvgIpc) is 2.45. The van der Waals surface area contributed by atoms with E-state index in [4.69, 9.17) is 11.6 Å². The number of rotatable bonds is 2. The van der Waals surface area contributed by atoms with E-state index in [1.54, 1.807) is 0 Å². The molecule has 2 aliphatic rings. The van der Waals surface area contributed by atoms with Crippen LogP contribution in [0.5, 0.6) is 0 Å². The number of hydrogen-bond donors (Lipinski definition) is 1. The average molecular weight is 307 g/mol. The standard InChI is InChI=1S/C18H27ClN2/c1-17(2)13-20-18(9-4-3-5-10-18)14-21(17)12-15-7-6-8-16(19)11-15/h6-8,11,20H,3-5,9-10,12-14H2,1-2H3. The van der Waals surface area contributed by atoms with Gasteiger partial charge in [-0.15, -0.1) is 0 Å². The van der Waals surface area contributed by atoms with E-state index in [-0.39, 0.29) is 5.54 Å². The number of nitrogens with zero attached hydrogens (tertiary/aromatic N) is 1. The Morgan fingerprint density at radius 1 is 1.19 bits per heavy atom. The highest BCUT2D eigenvalue weighted by Gasteiger charge is 2.42. The maximum Gasteiger partial charge on any atom is 0.0409 e. The fourth-order valence-electron chi connectivity index (χ4n) is 3.84. The molecule has 1 saturated heterocycles. The molecule has 3 heteroatoms. The third kappa shape index (κ3) is 3.44. The van der Waals surface area contributed by atoms with Gasteiger partial charge in [-0.05, 0) is 44.4 Å². The lowest BCUT2D eigenvalue weighted by Crippen LogP contribution is -2.68. The first-order valence-corrected chi connectivity index (χ1v) is 8.62. The van der Waals surface area contributed by atoms with Crippen molar-refractivity contribution >= 4 is 11.6 Å². The molecule has 21 heavy (non-hydrogen) atoms. The fourth-order valence-corrected chi connectivity index (χ4v) is 4.05. The molecule has 0 unspecified atom stereocenters. The van der Waals surface area contributed by atoms with Crippen LogP contribution in [0.4, 0.5) is 0 Å². The van der Waals surface area contributed by atoms with E-state index in [0.717, 1.165) is 24.7 Å². The number of halogens is 1. The Morgan fingerprint density at radius 2 is 1.95 bits per heavy atom. The Bertz CT molecular complexity index is 492. The van der Waals surface area contributed by atoms with Crippen LogP contribution in [0.15, 0.2) is 24.3 Å². The SMILES string of the molecule is CC1(C)CNC2(CCCCC2)CN1Cc1cccc(Cl)c1. The molecule has 1 aromatic rings. The Balaban J connectivity index is 1.77. The Hall–Kier alpha value is -0.570. The molecule has 0 aromatic heterocycles. The molecule has 116 valence electrons. The van der Waals surface area contributed by atoms with Crippen LogP contribution < -0.4 is 5.32 Å². The van der Waals surface area contributed by atoms with Gasteiger partial charge in [-0.1, -0.05) is 43.0 Å². The minimum atomic E-state index is 0.199. The normalized spacial score (nSPS) is 25.1. The molecule has 0 atom stereocenters. The lowest BCUT2D eigenvalue weighted by atomic mass is 9.77. The molecule has 1 N–H and O–H groups in total. The molecular formula is C18H27ClN2. The second-order valence-electron chi connectivity index (χ2n) is 7.49. The van der Waals surface area contributed by atoms with Gasteiger partial charge in [0.25, 0.3) is 0 Å². The minimum Gasteiger partial charge on any atom is -0.308 e. The first kappa shape index (κ1) is 15.3. The molecule has 1 aromatic carbocycles. The number of nitrogens with one attached hydrogen (secondary N) is 1. The van der Waals surface area contributed by atoms with E-state index < -0.39 is 0 Å². The van der Waals surface area contributed by atoms with Gasteiger partial charge in [-0.2, -0.15) is 0 Å². The largest absolute Gasteiger partial charge is 0.308 e. The zero-order valence-electron chi connectivity index (χ0n) is 13.3. The highest BCUT2D eigenvalue weighted by Crippen LogP contribution is 2.35. The van der Waals surface area contributed by atoms with Crippen LogP contribution in [-0.2, 0) is 6.54 Å². The molecule has 3 rings (SSSR count). The van der Waals surface area contributed by atoms with Gasteiger partial charge in [-0.3, -0.25) is 4.90 Å². The summed E-state index contributed by atoms with van der Waals surface area (Å²) in [5.41, 5.74) is 1.88. The van der Waals surface area contributed by atoms with Gasteiger partial charge >= 0.3 is 0 Å². The van der Waals surface area contributed by atoms with E-state index in [0.29, 0.717) is 5.54 Å². The smallest absolute Gasteiger partial charge is 0.0409 e. The van der Waals surface area contributed by atoms with Crippen LogP contribution in [0.1, 0.15) is 51.5 Å². The summed E-state index contributed by atoms with van der Waals surface area (Å²) in [4.78, 5) is 2.65. The summed E-state index contributed by atoms with van der Waals surface area (Å²) in [5, 5.41) is 4.72. The van der Waals surface area contributed by atoms with Crippen LogP contribution >= 0.6 is 11.6 Å². The van der Waals surface area contributed by atoms with Gasteiger partial charge in [0.05, 0.1) is 0 Å². The third-order valence-corrected chi connectivity index (χ3v) is 5.55. The lowest BCUT2D eigenvalue weighted by Gasteiger charge is -2.53. The number of benzene rings is 1. The Labute approximate surface area is 133 Å². The van der Waals surface area contributed by atoms with Crippen molar-refractivity contribution in [1.82, 2.24) is 10.2 Å². The van der Waals surface area contributed by atoms with Gasteiger partial charge < -0.3 is 5.32 Å². The minimum absolute atomic E-state index is 0.199. The second kappa shape index (κ2) is 5.91. The number of piperazine rings is 1. The van der Waals surface area contributed by atoms with Gasteiger partial charge in [0, 0.05) is 35.7 Å². The molecule has 2 fully saturated rings. The third-order valence-electron chi connectivity index (χ3n) is 5.32. The molecule has 1 heterocycles. The Kier molecular flexibility index (Phi) is 4.31. The monoisotopic (exact) mass is 306 g/mol. The van der Waals surface area contributed by atoms with Crippen molar-refractivity contribution in [3.05, 3.63) is 34.9 Å². The van der Waals surface area contributed by atoms with E-state index in [9.17, 15) is 0 Å². The fraction of sp³-hybridized carbons (Fsp3) is 0.667. The summed E-state index contributed by atoms with van der Waals surface area (Å²) in [6, 6.07) is 8.31. The van der Waals surface area contributed by atoms with Crippen LogP contribution in [0, 0.1) is 0 Å². The van der Waals surface area contributed by atoms with E-state index in [1.165, 1.54) is 37.7 Å². The molecule has 1 aliphatic carbocycles. The Morgan fingerprint density at radius 3 is 2.67 bits per heavy atom. The van der Waals surface area contributed by atoms with Crippen LogP contribution in [-0.4, -0.2) is 29.1 Å². The van der Waals surface area contributed by atoms with Crippen molar-refractivity contribution < 1.29 is 0 Å². The lowest BCUT2D eigenvalue weighted by molar-refractivity contribution is 0.00486. The van der Waals surface area contributed by atoms with Gasteiger partial charge in [-0.25, -0.2) is 0 Å². The summed E-state index contributed by atoms with van der Waals surface area (Å²) < 4.78 is 0. The first-order valence-electron chi connectivity index (χ1n) is 8.24. The highest BCUT2D eigenvalue weighted by molar-refractivity contribution is 6.30. The van der Waals surface area contributed by atoms with Gasteiger partial charge in [0.15, 0.2) is 0 Å². The maximum atomic E-state index is 6.14. The maximum absolute atomic E-state index is 6.14. The molecule has 0 amide bonds. The summed E-state index contributed by atoms with van der Waals surface area (Å²) in [6.45, 7) is 7.93. The highest BCUT2D eigenvalue weighted by atomic mass is 35.5. The molecular weight excluding hydrogens is 280 g/mol. The van der Waals surface area contributed by atoms with Crippen molar-refractivity contribution in [3.8, 4) is 0 Å². The van der Waals surface area contributed by atoms with Crippen LogP contribution in [0.3, 0.4) is 0 Å². The van der Waals surface area contributed by atoms with E-state index >= 15 is 0 Å². The van der Waals surface area contributed by atoms with Gasteiger partial charge in [0.1, 0.15) is 0 Å². The summed E-state index contributed by atoms with van der Waals surface area (Å²) in [5.74, 6) is 0. The first-order chi connectivity index (χ1) is 9.99. The van der Waals surface area contributed by atoms with Crippen LogP contribution in [0.25, 0.3) is 0 Å². The van der Waals surface area contributed by atoms with Crippen molar-refractivity contribution in [2.75, 3.05) is 13.1 Å². The summed E-state index contributed by atoms with van der Waals surface area (Å²) in [6.07, 6.45) is 6.81. The van der Waals surface area contributed by atoms with Crippen LogP contribution in [0.2, 0.25) is 5.02 Å². The second-order valence-corrected chi connectivity index (χ2v) is 7.93. The predicted octanol–water partition coefficient (Wildman–Crippen LogP) is 4.23. The topological polar surface area (TPSA) is 15.3 Å². The summed E-state index contributed by atoms with van der Waals surface area (Å²) >= 11 is 6.14. The number of hydrogen-bond acceptors (Lipinski definition) is 2. The van der Waals surface area contributed by atoms with Crippen molar-refractivity contribution in [3.63, 3.8) is 0 Å². The van der Waals surface area contributed by atoms with Crippen molar-refractivity contribution in [1.29, 1.82) is 0 Å². The quantitative estimate of drug-likeness (QED) is 0.880. The molecule has 0 radical (unpaired) electrons. The zero-order chi connectivity index (χ0) is 14.9. The van der Waals surface area contributed by atoms with Crippen molar-refractivity contribution in [2.24, 2.45) is 0 Å².